The molecule has 0 aliphatic heterocycles. The highest BCUT2D eigenvalue weighted by Crippen LogP contribution is 2.23. The monoisotopic (exact) mass is 453 g/mol. The number of thioether (sulfide) groups is 1. The Hall–Kier alpha value is -3.70. The number of nitrogens with zero attached hydrogens (tertiary/aromatic N) is 2. The number of carbonyl (C=O) groups is 2. The highest BCUT2D eigenvalue weighted by molar-refractivity contribution is 7.98. The van der Waals surface area contributed by atoms with Crippen LogP contribution in [-0.2, 0) is 5.75 Å². The number of H-pyrrole nitrogens is 1. The second kappa shape index (κ2) is 9.41. The Morgan fingerprint density at radius 3 is 2.71 bits per heavy atom. The molecule has 11 heteroatoms. The number of furan rings is 1. The largest absolute Gasteiger partial charge is 0.459 e. The minimum Gasteiger partial charge on any atom is -0.459 e. The molecule has 31 heavy (non-hydrogen) atoms. The predicted molar refractivity (Wildman–Crippen MR) is 118 cm³/mol. The summed E-state index contributed by atoms with van der Waals surface area (Å²) in [5, 5.41) is 7.08. The number of amides is 2. The summed E-state index contributed by atoms with van der Waals surface area (Å²) in [6.07, 6.45) is 3.03. The maximum Gasteiger partial charge on any atom is 0.292 e. The number of hydrogen-bond donors (Lipinski definition) is 3. The lowest BCUT2D eigenvalue weighted by Gasteiger charge is -2.11. The van der Waals surface area contributed by atoms with Crippen LogP contribution in [0.3, 0.4) is 0 Å². The van der Waals surface area contributed by atoms with Gasteiger partial charge in [0.2, 0.25) is 0 Å². The number of hydrogen-bond acceptors (Lipinski definition) is 8. The Morgan fingerprint density at radius 2 is 2.00 bits per heavy atom. The van der Waals surface area contributed by atoms with E-state index >= 15 is 0 Å². The number of anilines is 2. The van der Waals surface area contributed by atoms with Crippen molar-refractivity contribution in [3.8, 4) is 0 Å². The fourth-order valence-electron chi connectivity index (χ4n) is 2.51. The van der Waals surface area contributed by atoms with Crippen LogP contribution < -0.4 is 16.2 Å². The van der Waals surface area contributed by atoms with Gasteiger partial charge >= 0.3 is 0 Å². The zero-order chi connectivity index (χ0) is 21.6. The van der Waals surface area contributed by atoms with Crippen molar-refractivity contribution in [2.45, 2.75) is 10.9 Å². The zero-order valence-corrected chi connectivity index (χ0v) is 17.5. The first-order valence-corrected chi connectivity index (χ1v) is 10.8. The number of nitrogens with one attached hydrogen (secondary N) is 3. The molecule has 0 saturated carbocycles. The third-order valence-electron chi connectivity index (χ3n) is 3.94. The van der Waals surface area contributed by atoms with E-state index in [2.05, 4.69) is 25.6 Å². The molecule has 0 aliphatic rings. The van der Waals surface area contributed by atoms with Crippen LogP contribution in [0, 0.1) is 0 Å². The number of carbonyl (C=O) groups excluding carboxylic acids is 2. The normalized spacial score (nSPS) is 10.6. The van der Waals surface area contributed by atoms with E-state index in [-0.39, 0.29) is 22.4 Å². The number of pyridine rings is 1. The number of aromatic amines is 1. The fourth-order valence-corrected chi connectivity index (χ4v) is 3.91. The third-order valence-corrected chi connectivity index (χ3v) is 5.72. The minimum absolute atomic E-state index is 0.0419. The molecule has 9 nitrogen and oxygen atoms in total. The van der Waals surface area contributed by atoms with Crippen LogP contribution in [-0.4, -0.2) is 26.8 Å². The Balaban J connectivity index is 1.62. The van der Waals surface area contributed by atoms with Crippen molar-refractivity contribution in [3.63, 3.8) is 0 Å². The van der Waals surface area contributed by atoms with Gasteiger partial charge in [0.05, 0.1) is 16.8 Å². The number of thiophene rings is 1. The van der Waals surface area contributed by atoms with Crippen LogP contribution >= 0.6 is 23.1 Å². The van der Waals surface area contributed by atoms with Gasteiger partial charge in [-0.05, 0) is 35.7 Å². The highest BCUT2D eigenvalue weighted by Gasteiger charge is 2.20. The average molecular weight is 454 g/mol. The third kappa shape index (κ3) is 5.08. The van der Waals surface area contributed by atoms with Gasteiger partial charge in [-0.1, -0.05) is 23.9 Å². The molecule has 0 saturated heterocycles. The van der Waals surface area contributed by atoms with Crippen molar-refractivity contribution in [1.82, 2.24) is 15.0 Å². The first-order valence-electron chi connectivity index (χ1n) is 8.97. The average Bonchev–Trinajstić information content (AvgIpc) is 3.49. The van der Waals surface area contributed by atoms with E-state index in [0.717, 1.165) is 5.69 Å². The lowest BCUT2D eigenvalue weighted by molar-refractivity contribution is 0.0993. The molecule has 3 N–H and O–H groups in total. The summed E-state index contributed by atoms with van der Waals surface area (Å²) >= 11 is 2.46. The molecule has 0 bridgehead atoms. The van der Waals surface area contributed by atoms with Gasteiger partial charge in [0.1, 0.15) is 0 Å². The van der Waals surface area contributed by atoms with E-state index in [1.165, 1.54) is 35.4 Å². The second-order valence-electron chi connectivity index (χ2n) is 6.07. The molecular weight excluding hydrogens is 438 g/mol. The van der Waals surface area contributed by atoms with E-state index in [1.807, 2.05) is 18.2 Å². The molecule has 4 aromatic rings. The lowest BCUT2D eigenvalue weighted by Crippen LogP contribution is -2.24. The van der Waals surface area contributed by atoms with E-state index in [4.69, 9.17) is 4.42 Å². The standard InChI is InChI=1S/C20H15N5O4S2/c26-17(13-6-3-9-29-13)23-16-15(22-18(27)14-7-4-10-30-14)19(28)25-20(24-16)31-11-12-5-1-2-8-21-12/h1-10H,11H2,(H,22,27)(H2,23,24,25,26,28). The lowest BCUT2D eigenvalue weighted by atomic mass is 10.3. The summed E-state index contributed by atoms with van der Waals surface area (Å²) in [4.78, 5) is 49.3. The van der Waals surface area contributed by atoms with Crippen LogP contribution in [0.2, 0.25) is 0 Å². The van der Waals surface area contributed by atoms with Crippen LogP contribution in [0.4, 0.5) is 11.5 Å². The maximum absolute atomic E-state index is 12.7. The van der Waals surface area contributed by atoms with Crippen molar-refractivity contribution in [3.05, 3.63) is 87.0 Å². The molecule has 2 amide bonds. The van der Waals surface area contributed by atoms with Gasteiger partial charge in [-0.15, -0.1) is 11.3 Å². The summed E-state index contributed by atoms with van der Waals surface area (Å²) in [6.45, 7) is 0. The van der Waals surface area contributed by atoms with E-state index < -0.39 is 17.4 Å². The number of aromatic nitrogens is 3. The predicted octanol–water partition coefficient (Wildman–Crippen LogP) is 3.62. The smallest absolute Gasteiger partial charge is 0.292 e. The molecule has 0 aliphatic carbocycles. The first-order chi connectivity index (χ1) is 15.1. The van der Waals surface area contributed by atoms with E-state index in [1.54, 1.807) is 29.8 Å². The summed E-state index contributed by atoms with van der Waals surface area (Å²) in [7, 11) is 0. The van der Waals surface area contributed by atoms with Crippen molar-refractivity contribution < 1.29 is 14.0 Å². The van der Waals surface area contributed by atoms with Crippen molar-refractivity contribution >= 4 is 46.4 Å². The van der Waals surface area contributed by atoms with Crippen molar-refractivity contribution in [2.75, 3.05) is 10.6 Å². The molecule has 0 spiro atoms. The summed E-state index contributed by atoms with van der Waals surface area (Å²) in [5.41, 5.74) is 0.0325. The second-order valence-corrected chi connectivity index (χ2v) is 7.98. The molecule has 4 rings (SSSR count). The fraction of sp³-hybridized carbons (Fsp3) is 0.0500. The summed E-state index contributed by atoms with van der Waals surface area (Å²) < 4.78 is 5.09. The topological polar surface area (TPSA) is 130 Å². The van der Waals surface area contributed by atoms with Crippen LogP contribution in [0.15, 0.2) is 74.7 Å². The van der Waals surface area contributed by atoms with Crippen molar-refractivity contribution in [2.24, 2.45) is 0 Å². The van der Waals surface area contributed by atoms with E-state index in [0.29, 0.717) is 10.6 Å². The Morgan fingerprint density at radius 1 is 1.10 bits per heavy atom. The van der Waals surface area contributed by atoms with Gasteiger partial charge in [0.15, 0.2) is 22.4 Å². The molecule has 0 radical (unpaired) electrons. The van der Waals surface area contributed by atoms with Gasteiger partial charge in [-0.3, -0.25) is 24.4 Å². The van der Waals surface area contributed by atoms with Gasteiger partial charge in [-0.2, -0.15) is 0 Å². The summed E-state index contributed by atoms with van der Waals surface area (Å²) in [6, 6.07) is 11.9. The molecule has 4 aromatic heterocycles. The Bertz CT molecular complexity index is 1240. The number of rotatable bonds is 7. The SMILES string of the molecule is O=C(Nc1nc(SCc2ccccn2)[nH]c(=O)c1NC(=O)c1cccs1)c1ccco1. The minimum atomic E-state index is -0.601. The molecule has 0 fully saturated rings. The molecule has 156 valence electrons. The summed E-state index contributed by atoms with van der Waals surface area (Å²) in [5.74, 6) is -0.671. The van der Waals surface area contributed by atoms with E-state index in [9.17, 15) is 14.4 Å². The Labute approximate surface area is 183 Å². The first kappa shape index (κ1) is 20.6. The molecule has 0 aromatic carbocycles. The van der Waals surface area contributed by atoms with Gasteiger partial charge < -0.3 is 15.1 Å². The van der Waals surface area contributed by atoms with Crippen LogP contribution in [0.5, 0.6) is 0 Å². The van der Waals surface area contributed by atoms with Crippen LogP contribution in [0.25, 0.3) is 0 Å². The molecule has 0 atom stereocenters. The molecular formula is C20H15N5O4S2. The highest BCUT2D eigenvalue weighted by atomic mass is 32.2. The Kier molecular flexibility index (Phi) is 6.24. The zero-order valence-electron chi connectivity index (χ0n) is 15.8. The van der Waals surface area contributed by atoms with Crippen LogP contribution in [0.1, 0.15) is 25.9 Å². The molecule has 4 heterocycles. The molecule has 0 unspecified atom stereocenters. The van der Waals surface area contributed by atoms with Crippen molar-refractivity contribution in [1.29, 1.82) is 0 Å². The quantitative estimate of drug-likeness (QED) is 0.288. The van der Waals surface area contributed by atoms with Gasteiger partial charge in [0, 0.05) is 11.9 Å². The van der Waals surface area contributed by atoms with Gasteiger partial charge in [0.25, 0.3) is 17.4 Å². The maximum atomic E-state index is 12.7. The van der Waals surface area contributed by atoms with Gasteiger partial charge in [-0.25, -0.2) is 4.98 Å².